The van der Waals surface area contributed by atoms with Gasteiger partial charge in [-0.2, -0.15) is 0 Å². The maximum absolute atomic E-state index is 12.6. The van der Waals surface area contributed by atoms with Crippen molar-refractivity contribution in [3.8, 4) is 0 Å². The van der Waals surface area contributed by atoms with Crippen LogP contribution in [0.1, 0.15) is 29.7 Å². The lowest BCUT2D eigenvalue weighted by atomic mass is 9.80. The number of aliphatic hydroxyl groups is 2. The maximum Gasteiger partial charge on any atom is 0.342 e. The van der Waals surface area contributed by atoms with Gasteiger partial charge in [0.2, 0.25) is 5.60 Å². The Morgan fingerprint density at radius 1 is 1.15 bits per heavy atom. The number of aryl methyl sites for hydroxylation is 1. The van der Waals surface area contributed by atoms with Crippen molar-refractivity contribution in [3.63, 3.8) is 0 Å². The number of carboxylic acids is 1. The largest absolute Gasteiger partial charge is 0.479 e. The van der Waals surface area contributed by atoms with E-state index in [1.165, 1.54) is 0 Å². The monoisotopic (exact) mass is 370 g/mol. The van der Waals surface area contributed by atoms with E-state index in [1.807, 2.05) is 19.1 Å². The van der Waals surface area contributed by atoms with Gasteiger partial charge >= 0.3 is 5.97 Å². The fourth-order valence-corrected chi connectivity index (χ4v) is 3.23. The van der Waals surface area contributed by atoms with Crippen LogP contribution < -0.4 is 0 Å². The molecule has 1 aliphatic heterocycles. The molecule has 2 aromatic carbocycles. The highest BCUT2D eigenvalue weighted by atomic mass is 16.6. The number of carboxylic acid groups (broad SMARTS) is 1. The topological polar surface area (TPSA) is 107 Å². The van der Waals surface area contributed by atoms with E-state index in [-0.39, 0.29) is 6.42 Å². The van der Waals surface area contributed by atoms with Crippen LogP contribution in [-0.2, 0) is 20.7 Å². The quantitative estimate of drug-likeness (QED) is 0.642. The molecule has 0 radical (unpaired) electrons. The number of rotatable bonds is 7. The molecule has 1 unspecified atom stereocenters. The van der Waals surface area contributed by atoms with Crippen LogP contribution in [0.5, 0.6) is 0 Å². The molecule has 4 atom stereocenters. The summed E-state index contributed by atoms with van der Waals surface area (Å²) < 4.78 is 5.35. The zero-order valence-corrected chi connectivity index (χ0v) is 15.1. The molecule has 0 amide bonds. The van der Waals surface area contributed by atoms with Crippen LogP contribution in [0.25, 0.3) is 0 Å². The van der Waals surface area contributed by atoms with Crippen LogP contribution in [0.4, 0.5) is 0 Å². The zero-order valence-electron chi connectivity index (χ0n) is 15.1. The van der Waals surface area contributed by atoms with Gasteiger partial charge in [0.1, 0.15) is 17.8 Å². The fraction of sp³-hybridized carbons (Fsp3) is 0.333. The highest BCUT2D eigenvalue weighted by molar-refractivity contribution is 5.92. The fourth-order valence-electron chi connectivity index (χ4n) is 3.23. The minimum Gasteiger partial charge on any atom is -0.479 e. The van der Waals surface area contributed by atoms with E-state index in [1.54, 1.807) is 42.5 Å². The Morgan fingerprint density at radius 3 is 2.30 bits per heavy atom. The number of hydrogen-bond acceptors (Lipinski definition) is 5. The van der Waals surface area contributed by atoms with E-state index in [0.717, 1.165) is 12.5 Å². The van der Waals surface area contributed by atoms with Gasteiger partial charge in [0.05, 0.1) is 0 Å². The summed E-state index contributed by atoms with van der Waals surface area (Å²) in [5.41, 5.74) is -2.10. The van der Waals surface area contributed by atoms with Gasteiger partial charge in [-0.25, -0.2) is 4.79 Å². The predicted octanol–water partition coefficient (Wildman–Crippen LogP) is 1.81. The number of hydrogen-bond donors (Lipinski definition) is 3. The van der Waals surface area contributed by atoms with Gasteiger partial charge in [-0.15, -0.1) is 0 Å². The first-order valence-corrected chi connectivity index (χ1v) is 8.65. The van der Waals surface area contributed by atoms with Crippen molar-refractivity contribution in [2.24, 2.45) is 0 Å². The van der Waals surface area contributed by atoms with Crippen LogP contribution >= 0.6 is 0 Å². The summed E-state index contributed by atoms with van der Waals surface area (Å²) in [5, 5.41) is 31.1. The Bertz CT molecular complexity index is 843. The predicted molar refractivity (Wildman–Crippen MR) is 97.2 cm³/mol. The number of aliphatic hydroxyl groups excluding tert-OH is 1. The van der Waals surface area contributed by atoms with Crippen LogP contribution in [-0.4, -0.2) is 44.4 Å². The van der Waals surface area contributed by atoms with Gasteiger partial charge in [0.15, 0.2) is 5.78 Å². The van der Waals surface area contributed by atoms with E-state index in [0.29, 0.717) is 11.1 Å². The second-order valence-electron chi connectivity index (χ2n) is 7.14. The third-order valence-electron chi connectivity index (χ3n) is 5.07. The lowest BCUT2D eigenvalue weighted by Gasteiger charge is -2.30. The lowest BCUT2D eigenvalue weighted by molar-refractivity contribution is -0.166. The number of carbonyl (C=O) groups excluding carboxylic acids is 1. The van der Waals surface area contributed by atoms with Crippen molar-refractivity contribution in [1.82, 2.24) is 0 Å². The number of carbonyl (C=O) groups is 2. The Morgan fingerprint density at radius 2 is 1.74 bits per heavy atom. The van der Waals surface area contributed by atoms with Crippen molar-refractivity contribution >= 4 is 11.8 Å². The summed E-state index contributed by atoms with van der Waals surface area (Å²) >= 11 is 0. The summed E-state index contributed by atoms with van der Waals surface area (Å²) in [6.07, 6.45) is -2.99. The lowest BCUT2D eigenvalue weighted by Crippen LogP contribution is -2.57. The molecule has 3 N–H and O–H groups in total. The highest BCUT2D eigenvalue weighted by Crippen LogP contribution is 2.54. The number of Topliss-reactive ketones (excluding diaryl/α,β-unsaturated/α-hetero) is 1. The average molecular weight is 370 g/mol. The Balaban J connectivity index is 1.83. The first-order valence-electron chi connectivity index (χ1n) is 8.65. The standard InChI is InChI=1S/C21H22O6/c1-13-8-10-14(11-9-13)12-16(22)20(2,26)18(23)21(19(24)25)17(27-21)15-6-4-3-5-7-15/h3-11,17-18,23,26H,12H2,1-2H3,(H,24,25)/t17?,18-,20+,21+/m0/s1. The van der Waals surface area contributed by atoms with Gasteiger partial charge in [-0.3, -0.25) is 4.79 Å². The zero-order chi connectivity index (χ0) is 19.8. The molecule has 3 rings (SSSR count). The minimum atomic E-state index is -2.28. The van der Waals surface area contributed by atoms with Crippen molar-refractivity contribution in [1.29, 1.82) is 0 Å². The molecule has 1 aliphatic rings. The second-order valence-corrected chi connectivity index (χ2v) is 7.14. The highest BCUT2D eigenvalue weighted by Gasteiger charge is 2.72. The number of epoxide rings is 1. The Kier molecular flexibility index (Phi) is 4.90. The van der Waals surface area contributed by atoms with Crippen LogP contribution in [0.15, 0.2) is 54.6 Å². The normalized spacial score (nSPS) is 24.7. The van der Waals surface area contributed by atoms with Gasteiger partial charge in [-0.1, -0.05) is 60.2 Å². The van der Waals surface area contributed by atoms with Crippen molar-refractivity contribution < 1.29 is 29.6 Å². The third-order valence-corrected chi connectivity index (χ3v) is 5.07. The molecule has 0 spiro atoms. The molecular formula is C21H22O6. The molecule has 6 nitrogen and oxygen atoms in total. The first kappa shape index (κ1) is 19.2. The van der Waals surface area contributed by atoms with E-state index < -0.39 is 35.2 Å². The summed E-state index contributed by atoms with van der Waals surface area (Å²) in [5.74, 6) is -2.10. The summed E-state index contributed by atoms with van der Waals surface area (Å²) in [6.45, 7) is 3.04. The van der Waals surface area contributed by atoms with E-state index in [4.69, 9.17) is 4.74 Å². The summed E-state index contributed by atoms with van der Waals surface area (Å²) in [4.78, 5) is 24.5. The van der Waals surface area contributed by atoms with E-state index in [9.17, 15) is 24.9 Å². The van der Waals surface area contributed by atoms with Crippen molar-refractivity contribution in [2.75, 3.05) is 0 Å². The number of ketones is 1. The summed E-state index contributed by atoms with van der Waals surface area (Å²) in [7, 11) is 0. The second kappa shape index (κ2) is 6.88. The van der Waals surface area contributed by atoms with Gasteiger partial charge in [-0.05, 0) is 25.0 Å². The molecular weight excluding hydrogens is 348 g/mol. The van der Waals surface area contributed by atoms with Gasteiger partial charge < -0.3 is 20.1 Å². The molecule has 0 aromatic heterocycles. The number of benzene rings is 2. The summed E-state index contributed by atoms with van der Waals surface area (Å²) in [6, 6.07) is 15.7. The van der Waals surface area contributed by atoms with E-state index >= 15 is 0 Å². The number of ether oxygens (including phenoxy) is 1. The molecule has 1 saturated heterocycles. The van der Waals surface area contributed by atoms with Crippen LogP contribution in [0.3, 0.4) is 0 Å². The molecule has 1 heterocycles. The molecule has 1 fully saturated rings. The van der Waals surface area contributed by atoms with E-state index in [2.05, 4.69) is 0 Å². The average Bonchev–Trinajstić information content (AvgIpc) is 3.40. The smallest absolute Gasteiger partial charge is 0.342 e. The third kappa shape index (κ3) is 3.39. The first-order chi connectivity index (χ1) is 12.7. The van der Waals surface area contributed by atoms with Gasteiger partial charge in [0, 0.05) is 6.42 Å². The molecule has 2 aromatic rings. The van der Waals surface area contributed by atoms with Crippen LogP contribution in [0, 0.1) is 6.92 Å². The Labute approximate surface area is 157 Å². The molecule has 0 bridgehead atoms. The van der Waals surface area contributed by atoms with Crippen LogP contribution in [0.2, 0.25) is 0 Å². The van der Waals surface area contributed by atoms with Crippen molar-refractivity contribution in [2.45, 2.75) is 43.7 Å². The number of aliphatic carboxylic acids is 1. The molecule has 142 valence electrons. The molecule has 27 heavy (non-hydrogen) atoms. The molecule has 6 heteroatoms. The molecule has 0 saturated carbocycles. The molecule has 0 aliphatic carbocycles. The van der Waals surface area contributed by atoms with Gasteiger partial charge in [0.25, 0.3) is 0 Å². The Hall–Kier alpha value is -2.54. The minimum absolute atomic E-state index is 0.129. The van der Waals surface area contributed by atoms with Crippen molar-refractivity contribution in [3.05, 3.63) is 71.3 Å². The maximum atomic E-state index is 12.6. The SMILES string of the molecule is Cc1ccc(CC(=O)[C@@](C)(O)[C@H](O)[C@]2(C(=O)O)OC2c2ccccc2)cc1.